The van der Waals surface area contributed by atoms with Crippen molar-refractivity contribution in [2.24, 2.45) is 0 Å². The van der Waals surface area contributed by atoms with Crippen LogP contribution in [0.5, 0.6) is 0 Å². The van der Waals surface area contributed by atoms with Crippen molar-refractivity contribution in [3.63, 3.8) is 0 Å². The summed E-state index contributed by atoms with van der Waals surface area (Å²) in [7, 11) is 0. The highest BCUT2D eigenvalue weighted by Gasteiger charge is 2.20. The lowest BCUT2D eigenvalue weighted by molar-refractivity contribution is 0.103. The van der Waals surface area contributed by atoms with E-state index < -0.39 is 0 Å². The molecule has 2 aromatic carbocycles. The molecule has 0 atom stereocenters. The van der Waals surface area contributed by atoms with Gasteiger partial charge in [0.05, 0.1) is 0 Å². The predicted octanol–water partition coefficient (Wildman–Crippen LogP) is 6.57. The molecule has 2 aromatic heterocycles. The van der Waals surface area contributed by atoms with Crippen molar-refractivity contribution in [2.75, 3.05) is 0 Å². The van der Waals surface area contributed by atoms with E-state index in [0.717, 1.165) is 31.2 Å². The van der Waals surface area contributed by atoms with Gasteiger partial charge in [-0.3, -0.25) is 14.8 Å². The minimum absolute atomic E-state index is 0.113. The van der Waals surface area contributed by atoms with Crippen LogP contribution in [-0.2, 0) is 0 Å². The van der Waals surface area contributed by atoms with Crippen LogP contribution in [-0.4, -0.2) is 15.8 Å². The van der Waals surface area contributed by atoms with Crippen LogP contribution in [0.25, 0.3) is 22.3 Å². The maximum absolute atomic E-state index is 13.5. The van der Waals surface area contributed by atoms with Gasteiger partial charge >= 0.3 is 0 Å². The van der Waals surface area contributed by atoms with Gasteiger partial charge < -0.3 is 0 Å². The fourth-order valence-corrected chi connectivity index (χ4v) is 4.12. The monoisotopic (exact) mass is 492 g/mol. The number of nitrogens with zero attached hydrogens (tertiary/aromatic N) is 2. The molecule has 0 aliphatic heterocycles. The minimum Gasteiger partial charge on any atom is -0.288 e. The lowest BCUT2D eigenvalue weighted by Crippen LogP contribution is -2.07. The fourth-order valence-electron chi connectivity index (χ4n) is 3.12. The number of benzene rings is 2. The second-order valence-corrected chi connectivity index (χ2v) is 7.84. The highest BCUT2D eigenvalue weighted by molar-refractivity contribution is 9.11. The topological polar surface area (TPSA) is 42.9 Å². The van der Waals surface area contributed by atoms with Crippen LogP contribution in [0.4, 0.5) is 0 Å². The van der Waals surface area contributed by atoms with Gasteiger partial charge in [0.25, 0.3) is 0 Å². The molecule has 5 heteroatoms. The van der Waals surface area contributed by atoms with Crippen molar-refractivity contribution in [3.8, 4) is 22.3 Å². The van der Waals surface area contributed by atoms with Crippen molar-refractivity contribution in [3.05, 3.63) is 106 Å². The summed E-state index contributed by atoms with van der Waals surface area (Å²) >= 11 is 7.17. The average molecular weight is 494 g/mol. The number of ketones is 1. The lowest BCUT2D eigenvalue weighted by Gasteiger charge is -2.13. The maximum atomic E-state index is 13.5. The number of hydrogen-bond donors (Lipinski definition) is 0. The van der Waals surface area contributed by atoms with E-state index in [2.05, 4.69) is 41.8 Å². The number of carbonyl (C=O) groups excluding carboxylic acids is 1. The Bertz CT molecular complexity index is 1080. The second kappa shape index (κ2) is 8.17. The molecule has 136 valence electrons. The standard InChI is InChI=1S/C23H14Br2N2O/c24-21-7-3-1-5-17(21)15-9-11-26-13-19(15)23(28)20-14-27-12-10-16(20)18-6-2-4-8-22(18)25/h1-14H. The second-order valence-electron chi connectivity index (χ2n) is 6.13. The van der Waals surface area contributed by atoms with E-state index >= 15 is 0 Å². The number of carbonyl (C=O) groups is 1. The third kappa shape index (κ3) is 3.55. The molecule has 0 radical (unpaired) electrons. The molecule has 0 aliphatic rings. The van der Waals surface area contributed by atoms with E-state index in [1.165, 1.54) is 0 Å². The SMILES string of the molecule is O=C(c1cnccc1-c1ccccc1Br)c1cnccc1-c1ccccc1Br. The Labute approximate surface area is 179 Å². The molecule has 0 unspecified atom stereocenters. The van der Waals surface area contributed by atoms with Gasteiger partial charge in [0.2, 0.25) is 0 Å². The van der Waals surface area contributed by atoms with E-state index in [1.807, 2.05) is 60.7 Å². The number of halogens is 2. The Balaban J connectivity index is 1.88. The van der Waals surface area contributed by atoms with Crippen molar-refractivity contribution in [1.82, 2.24) is 9.97 Å². The van der Waals surface area contributed by atoms with Crippen molar-refractivity contribution in [2.45, 2.75) is 0 Å². The fraction of sp³-hybridized carbons (Fsp3) is 0. The third-order valence-corrected chi connectivity index (χ3v) is 5.84. The van der Waals surface area contributed by atoms with Gasteiger partial charge in [0, 0.05) is 44.9 Å². The van der Waals surface area contributed by atoms with E-state index in [4.69, 9.17) is 0 Å². The predicted molar refractivity (Wildman–Crippen MR) is 118 cm³/mol. The summed E-state index contributed by atoms with van der Waals surface area (Å²) in [6.07, 6.45) is 6.63. The van der Waals surface area contributed by atoms with E-state index in [0.29, 0.717) is 11.1 Å². The zero-order chi connectivity index (χ0) is 19.5. The Morgan fingerprint density at radius 3 is 1.46 bits per heavy atom. The number of aromatic nitrogens is 2. The van der Waals surface area contributed by atoms with E-state index in [9.17, 15) is 4.79 Å². The molecular weight excluding hydrogens is 480 g/mol. The molecule has 0 amide bonds. The molecule has 0 bridgehead atoms. The van der Waals surface area contributed by atoms with Crippen LogP contribution in [0, 0.1) is 0 Å². The number of pyridine rings is 2. The first-order chi connectivity index (χ1) is 13.7. The first-order valence-corrected chi connectivity index (χ1v) is 10.2. The van der Waals surface area contributed by atoms with Crippen molar-refractivity contribution in [1.29, 1.82) is 0 Å². The molecule has 28 heavy (non-hydrogen) atoms. The van der Waals surface area contributed by atoms with Crippen LogP contribution in [0.15, 0.2) is 94.4 Å². The van der Waals surface area contributed by atoms with Crippen LogP contribution >= 0.6 is 31.9 Å². The summed E-state index contributed by atoms with van der Waals surface area (Å²) in [5, 5.41) is 0. The van der Waals surface area contributed by atoms with Gasteiger partial charge in [-0.2, -0.15) is 0 Å². The highest BCUT2D eigenvalue weighted by atomic mass is 79.9. The first kappa shape index (κ1) is 18.7. The van der Waals surface area contributed by atoms with Crippen molar-refractivity contribution < 1.29 is 4.79 Å². The molecule has 4 aromatic rings. The molecule has 0 saturated carbocycles. The Morgan fingerprint density at radius 2 is 1.04 bits per heavy atom. The third-order valence-electron chi connectivity index (χ3n) is 4.46. The van der Waals surface area contributed by atoms with Crippen LogP contribution in [0.1, 0.15) is 15.9 Å². The molecule has 2 heterocycles. The van der Waals surface area contributed by atoms with Gasteiger partial charge in [0.1, 0.15) is 0 Å². The largest absolute Gasteiger partial charge is 0.288 e. The van der Waals surface area contributed by atoms with Crippen LogP contribution in [0.2, 0.25) is 0 Å². The van der Waals surface area contributed by atoms with E-state index in [1.54, 1.807) is 24.8 Å². The molecule has 0 aliphatic carbocycles. The molecule has 3 nitrogen and oxygen atoms in total. The molecule has 0 N–H and O–H groups in total. The van der Waals surface area contributed by atoms with Crippen LogP contribution < -0.4 is 0 Å². The summed E-state index contributed by atoms with van der Waals surface area (Å²) < 4.78 is 1.85. The lowest BCUT2D eigenvalue weighted by atomic mass is 9.92. The van der Waals surface area contributed by atoms with Gasteiger partial charge in [-0.25, -0.2) is 0 Å². The maximum Gasteiger partial charge on any atom is 0.197 e. The quantitative estimate of drug-likeness (QED) is 0.302. The Morgan fingerprint density at radius 1 is 0.607 bits per heavy atom. The molecular formula is C23H14Br2N2O. The molecule has 0 fully saturated rings. The van der Waals surface area contributed by atoms with Crippen molar-refractivity contribution >= 4 is 37.6 Å². The zero-order valence-corrected chi connectivity index (χ0v) is 17.8. The number of rotatable bonds is 4. The summed E-state index contributed by atoms with van der Waals surface area (Å²) in [6.45, 7) is 0. The van der Waals surface area contributed by atoms with Gasteiger partial charge in [-0.15, -0.1) is 0 Å². The summed E-state index contributed by atoms with van der Waals surface area (Å²) in [6, 6.07) is 19.4. The number of hydrogen-bond acceptors (Lipinski definition) is 3. The summed E-state index contributed by atoms with van der Waals surface area (Å²) in [4.78, 5) is 21.9. The minimum atomic E-state index is -0.113. The Kier molecular flexibility index (Phi) is 5.46. The Hall–Kier alpha value is -2.63. The average Bonchev–Trinajstić information content (AvgIpc) is 2.74. The smallest absolute Gasteiger partial charge is 0.197 e. The first-order valence-electron chi connectivity index (χ1n) is 8.59. The summed E-state index contributed by atoms with van der Waals surface area (Å²) in [5.74, 6) is -0.113. The van der Waals surface area contributed by atoms with E-state index in [-0.39, 0.29) is 5.78 Å². The molecule has 4 rings (SSSR count). The van der Waals surface area contributed by atoms with Gasteiger partial charge in [-0.1, -0.05) is 68.3 Å². The van der Waals surface area contributed by atoms with Gasteiger partial charge in [0.15, 0.2) is 5.78 Å². The van der Waals surface area contributed by atoms with Crippen LogP contribution in [0.3, 0.4) is 0 Å². The highest BCUT2D eigenvalue weighted by Crippen LogP contribution is 2.34. The zero-order valence-electron chi connectivity index (χ0n) is 14.6. The molecule has 0 saturated heterocycles. The summed E-state index contributed by atoms with van der Waals surface area (Å²) in [5.41, 5.74) is 4.62. The normalized spacial score (nSPS) is 10.6. The molecule has 0 spiro atoms. The van der Waals surface area contributed by atoms with Gasteiger partial charge in [-0.05, 0) is 46.5 Å².